The number of methoxy groups -OCH3 is 1. The first-order valence-electron chi connectivity index (χ1n) is 6.83. The molecule has 0 aliphatic rings. The van der Waals surface area contributed by atoms with E-state index in [1.807, 2.05) is 0 Å². The lowest BCUT2D eigenvalue weighted by molar-refractivity contribution is 0.0597. The van der Waals surface area contributed by atoms with Gasteiger partial charge < -0.3 is 14.7 Å². The minimum atomic E-state index is -0.665. The molecule has 0 amide bonds. The number of anilines is 1. The minimum absolute atomic E-state index is 0.0101. The van der Waals surface area contributed by atoms with Crippen molar-refractivity contribution in [1.82, 2.24) is 0 Å². The standard InChI is InChI=1S/C18H16FNO3/c1-20(2)16-11-17(21)14(18(22)23-3)10-13(16)9-8-12-6-4-5-7-15(12)19/h4-7,10-11,21H,1-3H3. The number of halogens is 1. The first-order chi connectivity index (χ1) is 10.9. The maximum absolute atomic E-state index is 13.7. The molecule has 0 saturated carbocycles. The van der Waals surface area contributed by atoms with Crippen LogP contribution in [0.1, 0.15) is 21.5 Å². The number of hydrogen-bond donors (Lipinski definition) is 1. The molecule has 0 heterocycles. The fraction of sp³-hybridized carbons (Fsp3) is 0.167. The molecule has 5 heteroatoms. The van der Waals surface area contributed by atoms with Crippen molar-refractivity contribution in [3.05, 3.63) is 58.9 Å². The van der Waals surface area contributed by atoms with Crippen LogP contribution in [0.2, 0.25) is 0 Å². The minimum Gasteiger partial charge on any atom is -0.507 e. The number of rotatable bonds is 2. The van der Waals surface area contributed by atoms with Crippen molar-refractivity contribution in [1.29, 1.82) is 0 Å². The first-order valence-corrected chi connectivity index (χ1v) is 6.83. The van der Waals surface area contributed by atoms with Crippen LogP contribution in [0, 0.1) is 17.7 Å². The Labute approximate surface area is 134 Å². The second-order valence-corrected chi connectivity index (χ2v) is 5.00. The average molecular weight is 313 g/mol. The Balaban J connectivity index is 2.57. The van der Waals surface area contributed by atoms with Crippen molar-refractivity contribution >= 4 is 11.7 Å². The van der Waals surface area contributed by atoms with Crippen molar-refractivity contribution in [2.75, 3.05) is 26.1 Å². The molecule has 0 aliphatic carbocycles. The van der Waals surface area contributed by atoms with Crippen molar-refractivity contribution in [2.24, 2.45) is 0 Å². The van der Waals surface area contributed by atoms with Gasteiger partial charge >= 0.3 is 5.97 Å². The summed E-state index contributed by atoms with van der Waals surface area (Å²) in [7, 11) is 4.79. The zero-order chi connectivity index (χ0) is 17.0. The summed E-state index contributed by atoms with van der Waals surface area (Å²) in [6.45, 7) is 0. The summed E-state index contributed by atoms with van der Waals surface area (Å²) in [6.07, 6.45) is 0. The van der Waals surface area contributed by atoms with Crippen LogP contribution in [-0.2, 0) is 4.74 Å². The van der Waals surface area contributed by atoms with Gasteiger partial charge in [-0.2, -0.15) is 0 Å². The Bertz CT molecular complexity index is 804. The smallest absolute Gasteiger partial charge is 0.341 e. The van der Waals surface area contributed by atoms with E-state index in [2.05, 4.69) is 16.6 Å². The number of nitrogens with zero attached hydrogens (tertiary/aromatic N) is 1. The second-order valence-electron chi connectivity index (χ2n) is 5.00. The van der Waals surface area contributed by atoms with E-state index in [-0.39, 0.29) is 16.9 Å². The van der Waals surface area contributed by atoms with E-state index in [9.17, 15) is 14.3 Å². The average Bonchev–Trinajstić information content (AvgIpc) is 2.53. The fourth-order valence-electron chi connectivity index (χ4n) is 2.02. The molecule has 2 aromatic rings. The van der Waals surface area contributed by atoms with E-state index in [0.29, 0.717) is 11.3 Å². The van der Waals surface area contributed by atoms with Gasteiger partial charge in [-0.05, 0) is 18.2 Å². The molecular weight excluding hydrogens is 297 g/mol. The number of phenolic OH excluding ortho intramolecular Hbond substituents is 1. The highest BCUT2D eigenvalue weighted by atomic mass is 19.1. The maximum atomic E-state index is 13.7. The van der Waals surface area contributed by atoms with Crippen LogP contribution in [0.25, 0.3) is 0 Å². The van der Waals surface area contributed by atoms with E-state index in [4.69, 9.17) is 0 Å². The van der Waals surface area contributed by atoms with Crippen LogP contribution in [0.15, 0.2) is 36.4 Å². The lowest BCUT2D eigenvalue weighted by Crippen LogP contribution is -2.12. The van der Waals surface area contributed by atoms with E-state index >= 15 is 0 Å². The summed E-state index contributed by atoms with van der Waals surface area (Å²) >= 11 is 0. The predicted octanol–water partition coefficient (Wildman–Crippen LogP) is 2.78. The van der Waals surface area contributed by atoms with Gasteiger partial charge in [0, 0.05) is 25.7 Å². The van der Waals surface area contributed by atoms with Crippen LogP contribution in [0.4, 0.5) is 10.1 Å². The van der Waals surface area contributed by atoms with Crippen LogP contribution >= 0.6 is 0 Å². The van der Waals surface area contributed by atoms with Gasteiger partial charge in [0.05, 0.1) is 18.4 Å². The van der Waals surface area contributed by atoms with Gasteiger partial charge in [0.2, 0.25) is 0 Å². The summed E-state index contributed by atoms with van der Waals surface area (Å²) in [4.78, 5) is 13.4. The largest absolute Gasteiger partial charge is 0.507 e. The third-order valence-electron chi connectivity index (χ3n) is 3.21. The maximum Gasteiger partial charge on any atom is 0.341 e. The lowest BCUT2D eigenvalue weighted by Gasteiger charge is -2.16. The Morgan fingerprint density at radius 2 is 1.83 bits per heavy atom. The van der Waals surface area contributed by atoms with E-state index in [1.165, 1.54) is 25.3 Å². The summed E-state index contributed by atoms with van der Waals surface area (Å²) in [5, 5.41) is 9.96. The summed E-state index contributed by atoms with van der Waals surface area (Å²) in [6, 6.07) is 9.03. The molecule has 0 unspecified atom stereocenters. The summed E-state index contributed by atoms with van der Waals surface area (Å²) in [5.41, 5.74) is 1.36. The van der Waals surface area contributed by atoms with Crippen LogP contribution in [-0.4, -0.2) is 32.3 Å². The van der Waals surface area contributed by atoms with Gasteiger partial charge in [0.25, 0.3) is 0 Å². The molecular formula is C18H16FNO3. The zero-order valence-corrected chi connectivity index (χ0v) is 13.1. The Kier molecular flexibility index (Phi) is 4.87. The normalized spacial score (nSPS) is 9.74. The number of carbonyl (C=O) groups excluding carboxylic acids is 1. The SMILES string of the molecule is COC(=O)c1cc(C#Cc2ccccc2F)c(N(C)C)cc1O. The highest BCUT2D eigenvalue weighted by Crippen LogP contribution is 2.28. The van der Waals surface area contributed by atoms with Crippen LogP contribution < -0.4 is 4.90 Å². The number of carbonyl (C=O) groups is 1. The molecule has 0 atom stereocenters. The van der Waals surface area contributed by atoms with Gasteiger partial charge in [-0.25, -0.2) is 9.18 Å². The highest BCUT2D eigenvalue weighted by Gasteiger charge is 2.16. The molecule has 118 valence electrons. The van der Waals surface area contributed by atoms with Crippen molar-refractivity contribution in [3.63, 3.8) is 0 Å². The molecule has 1 N–H and O–H groups in total. The van der Waals surface area contributed by atoms with Crippen molar-refractivity contribution < 1.29 is 19.0 Å². The van der Waals surface area contributed by atoms with Gasteiger partial charge in [0.15, 0.2) is 0 Å². The van der Waals surface area contributed by atoms with Crippen molar-refractivity contribution in [3.8, 4) is 17.6 Å². The topological polar surface area (TPSA) is 49.8 Å². The molecule has 23 heavy (non-hydrogen) atoms. The highest BCUT2D eigenvalue weighted by molar-refractivity contribution is 5.94. The zero-order valence-electron chi connectivity index (χ0n) is 13.1. The molecule has 0 aliphatic heterocycles. The molecule has 4 nitrogen and oxygen atoms in total. The molecule has 2 aromatic carbocycles. The van der Waals surface area contributed by atoms with Crippen molar-refractivity contribution in [2.45, 2.75) is 0 Å². The van der Waals surface area contributed by atoms with Gasteiger partial charge in [-0.3, -0.25) is 0 Å². The first kappa shape index (κ1) is 16.4. The van der Waals surface area contributed by atoms with E-state index in [0.717, 1.165) is 0 Å². The number of aromatic hydroxyl groups is 1. The summed E-state index contributed by atoms with van der Waals surface area (Å²) in [5.74, 6) is 4.31. The Morgan fingerprint density at radius 3 is 2.43 bits per heavy atom. The molecule has 0 bridgehead atoms. The van der Waals surface area contributed by atoms with Gasteiger partial charge in [-0.15, -0.1) is 0 Å². The van der Waals surface area contributed by atoms with Gasteiger partial charge in [0.1, 0.15) is 17.1 Å². The molecule has 0 aromatic heterocycles. The Morgan fingerprint density at radius 1 is 1.17 bits per heavy atom. The number of esters is 1. The molecule has 0 saturated heterocycles. The Hall–Kier alpha value is -3.00. The number of benzene rings is 2. The quantitative estimate of drug-likeness (QED) is 0.684. The summed E-state index contributed by atoms with van der Waals surface area (Å²) < 4.78 is 18.3. The fourth-order valence-corrected chi connectivity index (χ4v) is 2.02. The lowest BCUT2D eigenvalue weighted by atomic mass is 10.1. The molecule has 0 radical (unpaired) electrons. The predicted molar refractivity (Wildman–Crippen MR) is 86.2 cm³/mol. The van der Waals surface area contributed by atoms with Gasteiger partial charge in [-0.1, -0.05) is 24.0 Å². The van der Waals surface area contributed by atoms with Crippen LogP contribution in [0.5, 0.6) is 5.75 Å². The number of ether oxygens (including phenoxy) is 1. The number of hydrogen-bond acceptors (Lipinski definition) is 4. The monoisotopic (exact) mass is 313 g/mol. The molecule has 2 rings (SSSR count). The van der Waals surface area contributed by atoms with Crippen LogP contribution in [0.3, 0.4) is 0 Å². The molecule has 0 spiro atoms. The van der Waals surface area contributed by atoms with E-state index in [1.54, 1.807) is 37.2 Å². The number of phenols is 1. The third-order valence-corrected chi connectivity index (χ3v) is 3.21. The second kappa shape index (κ2) is 6.84. The third kappa shape index (κ3) is 3.61. The van der Waals surface area contributed by atoms with E-state index < -0.39 is 11.8 Å². The molecule has 0 fully saturated rings.